The lowest BCUT2D eigenvalue weighted by Gasteiger charge is -2.13. The number of phenols is 1. The van der Waals surface area contributed by atoms with Gasteiger partial charge in [-0.15, -0.1) is 11.8 Å². The molecule has 0 radical (unpaired) electrons. The Morgan fingerprint density at radius 3 is 2.32 bits per heavy atom. The molecule has 6 heteroatoms. The second-order valence-electron chi connectivity index (χ2n) is 7.58. The van der Waals surface area contributed by atoms with Crippen LogP contribution >= 0.6 is 35.0 Å². The molecule has 0 saturated heterocycles. The zero-order chi connectivity index (χ0) is 20.8. The first-order valence-corrected chi connectivity index (χ1v) is 11.1. The van der Waals surface area contributed by atoms with Crippen molar-refractivity contribution in [2.24, 2.45) is 5.92 Å². The van der Waals surface area contributed by atoms with Gasteiger partial charge in [-0.2, -0.15) is 0 Å². The van der Waals surface area contributed by atoms with Gasteiger partial charge in [0.25, 0.3) is 0 Å². The van der Waals surface area contributed by atoms with E-state index in [0.717, 1.165) is 21.6 Å². The van der Waals surface area contributed by atoms with Crippen molar-refractivity contribution in [1.82, 2.24) is 5.32 Å². The van der Waals surface area contributed by atoms with E-state index in [-0.39, 0.29) is 11.8 Å². The van der Waals surface area contributed by atoms with Crippen LogP contribution in [0.2, 0.25) is 10.0 Å². The molecule has 0 aliphatic carbocycles. The Morgan fingerprint density at radius 2 is 1.75 bits per heavy atom. The molecule has 2 aromatic carbocycles. The molecule has 28 heavy (non-hydrogen) atoms. The Balaban J connectivity index is 2.10. The first-order chi connectivity index (χ1) is 13.2. The van der Waals surface area contributed by atoms with Gasteiger partial charge >= 0.3 is 0 Å². The lowest BCUT2D eigenvalue weighted by molar-refractivity contribution is -0.118. The van der Waals surface area contributed by atoms with Crippen LogP contribution in [-0.2, 0) is 11.2 Å². The highest BCUT2D eigenvalue weighted by molar-refractivity contribution is 8.00. The molecule has 0 spiro atoms. The van der Waals surface area contributed by atoms with Gasteiger partial charge in [0, 0.05) is 27.9 Å². The van der Waals surface area contributed by atoms with Crippen molar-refractivity contribution in [2.45, 2.75) is 44.9 Å². The smallest absolute Gasteiger partial charge is 0.230 e. The molecular weight excluding hydrogens is 413 g/mol. The van der Waals surface area contributed by atoms with Crippen molar-refractivity contribution < 1.29 is 9.90 Å². The molecule has 2 rings (SSSR count). The summed E-state index contributed by atoms with van der Waals surface area (Å²) < 4.78 is 0. The molecule has 0 atom stereocenters. The van der Waals surface area contributed by atoms with Crippen molar-refractivity contribution in [3.05, 3.63) is 57.1 Å². The van der Waals surface area contributed by atoms with Gasteiger partial charge < -0.3 is 10.4 Å². The molecule has 0 fully saturated rings. The number of amides is 1. The number of aromatic hydroxyl groups is 1. The predicted molar refractivity (Wildman–Crippen MR) is 120 cm³/mol. The average molecular weight is 440 g/mol. The standard InChI is InChI=1S/C22H27Cl2NO2S/c1-13(2)11-25-22(27)12-28-16-9-19(23)18(20(24)10-16)8-15-5-6-21(26)17(7-15)14(3)4/h5-7,9-10,13-14,26H,8,11-12H2,1-4H3,(H,25,27). The van der Waals surface area contributed by atoms with Crippen LogP contribution in [0.25, 0.3) is 0 Å². The molecule has 1 amide bonds. The zero-order valence-electron chi connectivity index (χ0n) is 16.7. The van der Waals surface area contributed by atoms with E-state index in [2.05, 4.69) is 19.2 Å². The van der Waals surface area contributed by atoms with Gasteiger partial charge in [0.1, 0.15) is 5.75 Å². The fourth-order valence-electron chi connectivity index (χ4n) is 2.73. The third-order valence-corrected chi connectivity index (χ3v) is 5.94. The normalized spacial score (nSPS) is 11.3. The number of hydrogen-bond acceptors (Lipinski definition) is 3. The fourth-order valence-corrected chi connectivity index (χ4v) is 4.28. The maximum absolute atomic E-state index is 11.9. The summed E-state index contributed by atoms with van der Waals surface area (Å²) >= 11 is 14.4. The zero-order valence-corrected chi connectivity index (χ0v) is 19.0. The molecule has 0 saturated carbocycles. The maximum Gasteiger partial charge on any atom is 0.230 e. The summed E-state index contributed by atoms with van der Waals surface area (Å²) in [5.74, 6) is 1.28. The quantitative estimate of drug-likeness (QED) is 0.475. The van der Waals surface area contributed by atoms with Gasteiger partial charge in [0.2, 0.25) is 5.91 Å². The molecule has 2 N–H and O–H groups in total. The molecule has 152 valence electrons. The third kappa shape index (κ3) is 6.61. The molecule has 0 aliphatic heterocycles. The van der Waals surface area contributed by atoms with Crippen LogP contribution in [0.1, 0.15) is 50.3 Å². The highest BCUT2D eigenvalue weighted by atomic mass is 35.5. The van der Waals surface area contributed by atoms with Crippen LogP contribution in [0.5, 0.6) is 5.75 Å². The maximum atomic E-state index is 11.9. The van der Waals surface area contributed by atoms with E-state index in [4.69, 9.17) is 23.2 Å². The Hall–Kier alpha value is -1.36. The Morgan fingerprint density at radius 1 is 1.11 bits per heavy atom. The largest absolute Gasteiger partial charge is 0.508 e. The summed E-state index contributed by atoms with van der Waals surface area (Å²) in [5.41, 5.74) is 2.79. The van der Waals surface area contributed by atoms with E-state index >= 15 is 0 Å². The van der Waals surface area contributed by atoms with E-state index in [1.54, 1.807) is 6.07 Å². The highest BCUT2D eigenvalue weighted by Gasteiger charge is 2.13. The first kappa shape index (κ1) is 22.9. The number of rotatable bonds is 8. The number of halogens is 2. The van der Waals surface area contributed by atoms with E-state index in [1.807, 2.05) is 38.1 Å². The van der Waals surface area contributed by atoms with E-state index < -0.39 is 0 Å². The molecule has 0 aromatic heterocycles. The molecule has 3 nitrogen and oxygen atoms in total. The summed E-state index contributed by atoms with van der Waals surface area (Å²) in [7, 11) is 0. The first-order valence-electron chi connectivity index (χ1n) is 9.36. The van der Waals surface area contributed by atoms with Crippen LogP contribution in [0.4, 0.5) is 0 Å². The number of hydrogen-bond donors (Lipinski definition) is 2. The highest BCUT2D eigenvalue weighted by Crippen LogP contribution is 2.34. The van der Waals surface area contributed by atoms with Gasteiger partial charge in [-0.05, 0) is 46.7 Å². The van der Waals surface area contributed by atoms with Crippen LogP contribution < -0.4 is 5.32 Å². The topological polar surface area (TPSA) is 49.3 Å². The van der Waals surface area contributed by atoms with Gasteiger partial charge in [-0.25, -0.2) is 0 Å². The van der Waals surface area contributed by atoms with Crippen LogP contribution in [0, 0.1) is 5.92 Å². The van der Waals surface area contributed by atoms with Crippen molar-refractivity contribution >= 4 is 40.9 Å². The van der Waals surface area contributed by atoms with Crippen molar-refractivity contribution in [3.63, 3.8) is 0 Å². The van der Waals surface area contributed by atoms with Gasteiger partial charge in [0.15, 0.2) is 0 Å². The summed E-state index contributed by atoms with van der Waals surface area (Å²) in [6.45, 7) is 8.88. The number of phenolic OH excluding ortho intramolecular Hbond substituents is 1. The average Bonchev–Trinajstić information content (AvgIpc) is 2.62. The minimum absolute atomic E-state index is 0.000305. The Labute approximate surface area is 181 Å². The van der Waals surface area contributed by atoms with Crippen LogP contribution in [0.15, 0.2) is 35.2 Å². The van der Waals surface area contributed by atoms with Crippen LogP contribution in [0.3, 0.4) is 0 Å². The summed E-state index contributed by atoms with van der Waals surface area (Å²) in [6, 6.07) is 9.30. The van der Waals surface area contributed by atoms with E-state index in [0.29, 0.717) is 40.4 Å². The minimum atomic E-state index is 0.000305. The Bertz CT molecular complexity index is 814. The molecule has 0 aliphatic rings. The van der Waals surface area contributed by atoms with Crippen molar-refractivity contribution in [1.29, 1.82) is 0 Å². The molecule has 0 unspecified atom stereocenters. The van der Waals surface area contributed by atoms with E-state index in [9.17, 15) is 9.90 Å². The minimum Gasteiger partial charge on any atom is -0.508 e. The van der Waals surface area contributed by atoms with Gasteiger partial charge in [0.05, 0.1) is 5.75 Å². The lowest BCUT2D eigenvalue weighted by Crippen LogP contribution is -2.28. The summed E-state index contributed by atoms with van der Waals surface area (Å²) in [5, 5.41) is 14.1. The summed E-state index contributed by atoms with van der Waals surface area (Å²) in [6.07, 6.45) is 0.581. The number of nitrogens with one attached hydrogen (secondary N) is 1. The molecule has 0 bridgehead atoms. The third-order valence-electron chi connectivity index (χ3n) is 4.29. The monoisotopic (exact) mass is 439 g/mol. The Kier molecular flexibility index (Phi) is 8.54. The SMILES string of the molecule is CC(C)CNC(=O)CSc1cc(Cl)c(Cc2ccc(O)c(C(C)C)c2)c(Cl)c1. The second kappa shape index (κ2) is 10.4. The number of carbonyl (C=O) groups is 1. The predicted octanol–water partition coefficient (Wildman–Crippen LogP) is 6.28. The van der Waals surface area contributed by atoms with Crippen molar-refractivity contribution in [3.8, 4) is 5.75 Å². The van der Waals surface area contributed by atoms with Gasteiger partial charge in [-0.3, -0.25) is 4.79 Å². The molecule has 2 aromatic rings. The lowest BCUT2D eigenvalue weighted by atomic mass is 9.96. The van der Waals surface area contributed by atoms with Crippen molar-refractivity contribution in [2.75, 3.05) is 12.3 Å². The van der Waals surface area contributed by atoms with Gasteiger partial charge in [-0.1, -0.05) is 63.0 Å². The number of thioether (sulfide) groups is 1. The van der Waals surface area contributed by atoms with E-state index in [1.165, 1.54) is 11.8 Å². The number of benzene rings is 2. The summed E-state index contributed by atoms with van der Waals surface area (Å²) in [4.78, 5) is 12.8. The van der Waals surface area contributed by atoms with Crippen LogP contribution in [-0.4, -0.2) is 23.3 Å². The molecular formula is C22H27Cl2NO2S. The second-order valence-corrected chi connectivity index (χ2v) is 9.44. The molecule has 0 heterocycles. The fraction of sp³-hybridized carbons (Fsp3) is 0.409. The number of carbonyl (C=O) groups excluding carboxylic acids is 1.